The second-order valence-electron chi connectivity index (χ2n) is 7.79. The van der Waals surface area contributed by atoms with Crippen LogP contribution in [0.4, 0.5) is 0 Å². The number of hydrazine groups is 1. The molecule has 0 radical (unpaired) electrons. The van der Waals surface area contributed by atoms with Crippen LogP contribution >= 0.6 is 23.2 Å². The summed E-state index contributed by atoms with van der Waals surface area (Å²) >= 11 is 12.2. The SMILES string of the molecule is COc1cccc(C(=O)CN(C(=O)c2ccc(Cl)cc2Cl)N2C(=O)[C@H]3CC=CC[C@H]3C2=O)c1. The van der Waals surface area contributed by atoms with Gasteiger partial charge in [-0.2, -0.15) is 5.01 Å². The molecule has 0 N–H and O–H groups in total. The molecule has 0 aromatic heterocycles. The summed E-state index contributed by atoms with van der Waals surface area (Å²) in [6, 6.07) is 10.7. The maximum absolute atomic E-state index is 13.5. The fourth-order valence-corrected chi connectivity index (χ4v) is 4.57. The zero-order valence-corrected chi connectivity index (χ0v) is 19.2. The molecule has 1 aliphatic carbocycles. The van der Waals surface area contributed by atoms with E-state index in [-0.39, 0.29) is 16.1 Å². The van der Waals surface area contributed by atoms with E-state index < -0.39 is 41.9 Å². The first-order chi connectivity index (χ1) is 15.8. The van der Waals surface area contributed by atoms with Gasteiger partial charge in [0.2, 0.25) is 0 Å². The number of hydrogen-bond acceptors (Lipinski definition) is 5. The number of benzene rings is 2. The number of hydrogen-bond donors (Lipinski definition) is 0. The molecule has 7 nitrogen and oxygen atoms in total. The molecule has 1 saturated heterocycles. The largest absolute Gasteiger partial charge is 0.497 e. The van der Waals surface area contributed by atoms with Gasteiger partial charge in [0.15, 0.2) is 5.78 Å². The van der Waals surface area contributed by atoms with Gasteiger partial charge >= 0.3 is 0 Å². The predicted molar refractivity (Wildman–Crippen MR) is 122 cm³/mol. The third-order valence-corrected chi connectivity index (χ3v) is 6.35. The molecular weight excluding hydrogens is 467 g/mol. The molecule has 0 unspecified atom stereocenters. The molecule has 1 aliphatic heterocycles. The Bertz CT molecular complexity index is 1150. The maximum atomic E-state index is 13.5. The number of ketones is 1. The smallest absolute Gasteiger partial charge is 0.274 e. The van der Waals surface area contributed by atoms with E-state index in [1.807, 2.05) is 12.2 Å². The van der Waals surface area contributed by atoms with Gasteiger partial charge in [0.25, 0.3) is 17.7 Å². The lowest BCUT2D eigenvalue weighted by molar-refractivity contribution is -0.154. The minimum absolute atomic E-state index is 0.0214. The standard InChI is InChI=1S/C24H20Cl2N2O5/c1-33-16-6-4-5-14(11-16)21(29)13-27(22(30)19-10-9-15(25)12-20(19)26)28-23(31)17-7-2-3-8-18(17)24(28)32/h2-6,9-12,17-18H,7-8,13H2,1H3/t17-,18+. The van der Waals surface area contributed by atoms with E-state index in [1.54, 1.807) is 18.2 Å². The average Bonchev–Trinajstić information content (AvgIpc) is 3.07. The number of methoxy groups -OCH3 is 1. The summed E-state index contributed by atoms with van der Waals surface area (Å²) in [6.07, 6.45) is 4.50. The van der Waals surface area contributed by atoms with Gasteiger partial charge in [0.1, 0.15) is 12.3 Å². The first-order valence-corrected chi connectivity index (χ1v) is 11.0. The quantitative estimate of drug-likeness (QED) is 0.347. The maximum Gasteiger partial charge on any atom is 0.274 e. The van der Waals surface area contributed by atoms with Crippen molar-refractivity contribution < 1.29 is 23.9 Å². The van der Waals surface area contributed by atoms with Crippen molar-refractivity contribution in [3.05, 3.63) is 75.8 Å². The van der Waals surface area contributed by atoms with Crippen molar-refractivity contribution in [2.75, 3.05) is 13.7 Å². The van der Waals surface area contributed by atoms with Gasteiger partial charge in [-0.05, 0) is 43.2 Å². The molecule has 4 rings (SSSR count). The van der Waals surface area contributed by atoms with Crippen LogP contribution < -0.4 is 4.74 Å². The molecule has 3 amide bonds. The Morgan fingerprint density at radius 1 is 1.03 bits per heavy atom. The summed E-state index contributed by atoms with van der Waals surface area (Å²) < 4.78 is 5.16. The van der Waals surface area contributed by atoms with Crippen molar-refractivity contribution >= 4 is 46.7 Å². The molecule has 2 atom stereocenters. The minimum atomic E-state index is -0.749. The van der Waals surface area contributed by atoms with Gasteiger partial charge in [0, 0.05) is 10.6 Å². The van der Waals surface area contributed by atoms with Crippen molar-refractivity contribution in [3.8, 4) is 5.75 Å². The monoisotopic (exact) mass is 486 g/mol. The number of carbonyl (C=O) groups excluding carboxylic acids is 4. The summed E-state index contributed by atoms with van der Waals surface area (Å²) in [4.78, 5) is 53.0. The molecule has 9 heteroatoms. The van der Waals surface area contributed by atoms with Crippen LogP contribution in [0.25, 0.3) is 0 Å². The van der Waals surface area contributed by atoms with E-state index in [2.05, 4.69) is 0 Å². The summed E-state index contributed by atoms with van der Waals surface area (Å²) in [5.74, 6) is -2.90. The van der Waals surface area contributed by atoms with Crippen molar-refractivity contribution in [1.82, 2.24) is 10.0 Å². The highest BCUT2D eigenvalue weighted by atomic mass is 35.5. The zero-order chi connectivity index (χ0) is 23.7. The van der Waals surface area contributed by atoms with E-state index in [9.17, 15) is 19.2 Å². The number of allylic oxidation sites excluding steroid dienone is 2. The lowest BCUT2D eigenvalue weighted by atomic mass is 9.85. The van der Waals surface area contributed by atoms with Crippen molar-refractivity contribution in [3.63, 3.8) is 0 Å². The fraction of sp³-hybridized carbons (Fsp3) is 0.250. The Hall–Kier alpha value is -3.16. The number of amides is 3. The number of rotatable bonds is 6. The molecule has 2 aromatic rings. The van der Waals surface area contributed by atoms with Gasteiger partial charge in [-0.1, -0.05) is 47.5 Å². The molecule has 2 aliphatic rings. The minimum Gasteiger partial charge on any atom is -0.497 e. The van der Waals surface area contributed by atoms with Gasteiger partial charge in [0.05, 0.1) is 29.5 Å². The first-order valence-electron chi connectivity index (χ1n) is 10.3. The molecule has 0 bridgehead atoms. The molecule has 2 aromatic carbocycles. The molecular formula is C24H20Cl2N2O5. The molecule has 1 heterocycles. The fourth-order valence-electron chi connectivity index (χ4n) is 4.08. The molecule has 170 valence electrons. The number of Topliss-reactive ketones (excluding diaryl/α,β-unsaturated/α-hetero) is 1. The highest BCUT2D eigenvalue weighted by molar-refractivity contribution is 6.36. The zero-order valence-electron chi connectivity index (χ0n) is 17.7. The Labute approximate surface area is 200 Å². The number of carbonyl (C=O) groups is 4. The molecule has 1 fully saturated rings. The van der Waals surface area contributed by atoms with Crippen LogP contribution in [0.2, 0.25) is 10.0 Å². The first kappa shape index (κ1) is 23.0. The number of halogens is 2. The summed E-state index contributed by atoms with van der Waals surface area (Å²) in [5, 5.41) is 2.07. The average molecular weight is 487 g/mol. The number of fused-ring (bicyclic) bond motifs is 1. The Balaban J connectivity index is 1.72. The lowest BCUT2D eigenvalue weighted by Gasteiger charge is -2.30. The summed E-state index contributed by atoms with van der Waals surface area (Å²) in [7, 11) is 1.47. The Morgan fingerprint density at radius 3 is 2.30 bits per heavy atom. The van der Waals surface area contributed by atoms with E-state index in [1.165, 1.54) is 31.4 Å². The number of nitrogens with zero attached hydrogens (tertiary/aromatic N) is 2. The van der Waals surface area contributed by atoms with E-state index in [4.69, 9.17) is 27.9 Å². The normalized spacial score (nSPS) is 19.4. The summed E-state index contributed by atoms with van der Waals surface area (Å²) in [5.41, 5.74) is 0.292. The van der Waals surface area contributed by atoms with E-state index in [0.29, 0.717) is 23.6 Å². The van der Waals surface area contributed by atoms with Gasteiger partial charge in [-0.25, -0.2) is 5.01 Å². The van der Waals surface area contributed by atoms with Crippen LogP contribution in [-0.4, -0.2) is 47.2 Å². The molecule has 0 saturated carbocycles. The van der Waals surface area contributed by atoms with Crippen LogP contribution in [0.1, 0.15) is 33.6 Å². The topological polar surface area (TPSA) is 84.0 Å². The van der Waals surface area contributed by atoms with Crippen LogP contribution in [0.5, 0.6) is 5.75 Å². The van der Waals surface area contributed by atoms with Crippen LogP contribution in [-0.2, 0) is 9.59 Å². The number of imide groups is 1. The highest BCUT2D eigenvalue weighted by Gasteiger charge is 2.51. The van der Waals surface area contributed by atoms with Crippen LogP contribution in [0.3, 0.4) is 0 Å². The Morgan fingerprint density at radius 2 is 1.70 bits per heavy atom. The van der Waals surface area contributed by atoms with Crippen LogP contribution in [0, 0.1) is 11.8 Å². The Kier molecular flexibility index (Phi) is 6.54. The summed E-state index contributed by atoms with van der Waals surface area (Å²) in [6.45, 7) is -0.532. The van der Waals surface area contributed by atoms with E-state index >= 15 is 0 Å². The van der Waals surface area contributed by atoms with Gasteiger partial charge in [-0.3, -0.25) is 19.2 Å². The second kappa shape index (κ2) is 9.37. The lowest BCUT2D eigenvalue weighted by Crippen LogP contribution is -2.52. The molecule has 0 spiro atoms. The van der Waals surface area contributed by atoms with Gasteiger partial charge < -0.3 is 4.74 Å². The third-order valence-electron chi connectivity index (χ3n) is 5.81. The highest BCUT2D eigenvalue weighted by Crippen LogP contribution is 2.36. The van der Waals surface area contributed by atoms with Crippen molar-refractivity contribution in [1.29, 1.82) is 0 Å². The van der Waals surface area contributed by atoms with Crippen LogP contribution in [0.15, 0.2) is 54.6 Å². The van der Waals surface area contributed by atoms with Crippen molar-refractivity contribution in [2.24, 2.45) is 11.8 Å². The molecule has 33 heavy (non-hydrogen) atoms. The van der Waals surface area contributed by atoms with Gasteiger partial charge in [-0.15, -0.1) is 0 Å². The predicted octanol–water partition coefficient (Wildman–Crippen LogP) is 4.19. The second-order valence-corrected chi connectivity index (χ2v) is 8.63. The number of ether oxygens (including phenoxy) is 1. The van der Waals surface area contributed by atoms with Crippen molar-refractivity contribution in [2.45, 2.75) is 12.8 Å². The third kappa shape index (κ3) is 4.38. The van der Waals surface area contributed by atoms with E-state index in [0.717, 1.165) is 10.0 Å².